The first-order valence-electron chi connectivity index (χ1n) is 10.6. The largest absolute Gasteiger partial charge is 1.00 e. The molecule has 0 spiro atoms. The summed E-state index contributed by atoms with van der Waals surface area (Å²) in [5, 5.41) is 19.2. The maximum Gasteiger partial charge on any atom is 0.193 e. The van der Waals surface area contributed by atoms with Crippen molar-refractivity contribution >= 4 is 5.78 Å². The molecule has 0 fully saturated rings. The molecule has 1 atom stereocenters. The highest BCUT2D eigenvalue weighted by molar-refractivity contribution is 6.09. The lowest BCUT2D eigenvalue weighted by Crippen LogP contribution is -3.00. The molecule has 1 N–H and O–H groups in total. The summed E-state index contributed by atoms with van der Waals surface area (Å²) < 4.78 is 7.61. The van der Waals surface area contributed by atoms with Gasteiger partial charge in [0.25, 0.3) is 0 Å². The summed E-state index contributed by atoms with van der Waals surface area (Å²) in [5.41, 5.74) is 3.83. The van der Waals surface area contributed by atoms with E-state index in [1.54, 1.807) is 48.5 Å². The van der Waals surface area contributed by atoms with E-state index in [1.165, 1.54) is 0 Å². The summed E-state index contributed by atoms with van der Waals surface area (Å²) >= 11 is 0. The number of nitrogens with zero attached hydrogens (tertiary/aromatic N) is 2. The zero-order valence-electron chi connectivity index (χ0n) is 18.3. The number of aliphatic hydroxyl groups is 1. The molecule has 0 aliphatic heterocycles. The Hall–Kier alpha value is -3.98. The number of aromatic nitrogens is 1. The van der Waals surface area contributed by atoms with Crippen molar-refractivity contribution in [1.29, 1.82) is 5.26 Å². The first kappa shape index (κ1) is 24.7. The SMILES string of the molecule is N#Cc1ccc(C(=O)c2ccc(OCC(O)C[n+]3ccc(-c4ccccc4)cc3)cc2)cc1.[Cl-]. The van der Waals surface area contributed by atoms with Gasteiger partial charge in [-0.3, -0.25) is 4.79 Å². The number of nitriles is 1. The van der Waals surface area contributed by atoms with Crippen molar-refractivity contribution in [3.63, 3.8) is 0 Å². The number of hydrogen-bond donors (Lipinski definition) is 1. The summed E-state index contributed by atoms with van der Waals surface area (Å²) in [7, 11) is 0. The van der Waals surface area contributed by atoms with Gasteiger partial charge < -0.3 is 22.3 Å². The molecule has 34 heavy (non-hydrogen) atoms. The summed E-state index contributed by atoms with van der Waals surface area (Å²) in [4.78, 5) is 12.6. The second-order valence-corrected chi connectivity index (χ2v) is 7.66. The van der Waals surface area contributed by atoms with E-state index in [2.05, 4.69) is 12.1 Å². The van der Waals surface area contributed by atoms with Crippen LogP contribution in [0.25, 0.3) is 11.1 Å². The van der Waals surface area contributed by atoms with Crippen LogP contribution >= 0.6 is 0 Å². The summed E-state index contributed by atoms with van der Waals surface area (Å²) in [6.45, 7) is 0.542. The van der Waals surface area contributed by atoms with E-state index in [4.69, 9.17) is 10.00 Å². The molecule has 1 heterocycles. The molecule has 5 nitrogen and oxygen atoms in total. The number of benzene rings is 3. The molecule has 0 amide bonds. The Morgan fingerprint density at radius 2 is 1.41 bits per heavy atom. The van der Waals surface area contributed by atoms with Gasteiger partial charge in [-0.1, -0.05) is 30.3 Å². The number of carbonyl (C=O) groups is 1. The third-order valence-corrected chi connectivity index (χ3v) is 5.25. The molecule has 0 saturated carbocycles. The Balaban J connectivity index is 0.00000324. The molecule has 170 valence electrons. The maximum absolute atomic E-state index is 12.6. The van der Waals surface area contributed by atoms with Gasteiger partial charge in [-0.25, -0.2) is 4.57 Å². The number of ketones is 1. The van der Waals surface area contributed by atoms with Crippen molar-refractivity contribution < 1.29 is 31.6 Å². The Morgan fingerprint density at radius 1 is 0.853 bits per heavy atom. The third-order valence-electron chi connectivity index (χ3n) is 5.25. The Morgan fingerprint density at radius 3 is 2.00 bits per heavy atom. The van der Waals surface area contributed by atoms with Crippen molar-refractivity contribution in [3.05, 3.63) is 120 Å². The van der Waals surface area contributed by atoms with Gasteiger partial charge in [0.1, 0.15) is 18.5 Å². The summed E-state index contributed by atoms with van der Waals surface area (Å²) in [6, 6.07) is 29.6. The molecule has 6 heteroatoms. The van der Waals surface area contributed by atoms with Crippen LogP contribution in [0.2, 0.25) is 0 Å². The monoisotopic (exact) mass is 470 g/mol. The molecule has 4 rings (SSSR count). The van der Waals surface area contributed by atoms with Gasteiger partial charge >= 0.3 is 0 Å². The van der Waals surface area contributed by atoms with E-state index in [1.807, 2.05) is 53.4 Å². The van der Waals surface area contributed by atoms with Gasteiger partial charge in [-0.15, -0.1) is 0 Å². The van der Waals surface area contributed by atoms with E-state index >= 15 is 0 Å². The molecule has 3 aromatic carbocycles. The molecule has 0 bridgehead atoms. The van der Waals surface area contributed by atoms with Crippen molar-refractivity contribution in [1.82, 2.24) is 0 Å². The fourth-order valence-corrected chi connectivity index (χ4v) is 3.46. The van der Waals surface area contributed by atoms with Gasteiger partial charge in [0.05, 0.1) is 11.6 Å². The van der Waals surface area contributed by atoms with Gasteiger partial charge in [-0.05, 0) is 59.7 Å². The van der Waals surface area contributed by atoms with E-state index in [0.717, 1.165) is 11.1 Å². The number of carbonyl (C=O) groups excluding carboxylic acids is 1. The van der Waals surface area contributed by atoms with Crippen LogP contribution in [-0.4, -0.2) is 23.6 Å². The minimum absolute atomic E-state index is 0. The zero-order valence-corrected chi connectivity index (χ0v) is 19.1. The van der Waals surface area contributed by atoms with Crippen LogP contribution in [0.3, 0.4) is 0 Å². The minimum Gasteiger partial charge on any atom is -1.00 e. The van der Waals surface area contributed by atoms with Gasteiger partial charge in [-0.2, -0.15) is 5.26 Å². The Bertz CT molecular complexity index is 1250. The molecule has 1 aromatic heterocycles. The average Bonchev–Trinajstić information content (AvgIpc) is 2.88. The van der Waals surface area contributed by atoms with Crippen LogP contribution < -0.4 is 21.7 Å². The standard InChI is InChI=1S/C28H23N2O3.ClH/c29-18-21-6-8-24(9-7-21)28(32)25-10-12-27(13-11-25)33-20-26(31)19-30-16-14-23(15-17-30)22-4-2-1-3-5-22;/h1-17,26,31H,19-20H2;1H/q+1;/p-1. The first-order valence-corrected chi connectivity index (χ1v) is 10.6. The maximum atomic E-state index is 12.6. The normalized spacial score (nSPS) is 11.1. The molecular weight excluding hydrogens is 448 g/mol. The highest BCUT2D eigenvalue weighted by Gasteiger charge is 2.13. The predicted molar refractivity (Wildman–Crippen MR) is 125 cm³/mol. The molecule has 0 saturated heterocycles. The number of aliphatic hydroxyl groups excluding tert-OH is 1. The smallest absolute Gasteiger partial charge is 0.193 e. The summed E-state index contributed by atoms with van der Waals surface area (Å²) in [6.07, 6.45) is 3.20. The number of ether oxygens (including phenoxy) is 1. The van der Waals surface area contributed by atoms with Crippen LogP contribution in [0.4, 0.5) is 0 Å². The fourth-order valence-electron chi connectivity index (χ4n) is 3.46. The molecule has 0 aliphatic rings. The average molecular weight is 471 g/mol. The second-order valence-electron chi connectivity index (χ2n) is 7.66. The lowest BCUT2D eigenvalue weighted by atomic mass is 10.0. The van der Waals surface area contributed by atoms with Gasteiger partial charge in [0.2, 0.25) is 0 Å². The molecular formula is C28H23ClN2O3. The van der Waals surface area contributed by atoms with Crippen molar-refractivity contribution in [2.75, 3.05) is 6.61 Å². The lowest BCUT2D eigenvalue weighted by Gasteiger charge is -2.11. The van der Waals surface area contributed by atoms with Crippen LogP contribution in [0.15, 0.2) is 103 Å². The van der Waals surface area contributed by atoms with Crippen molar-refractivity contribution in [3.8, 4) is 22.9 Å². The van der Waals surface area contributed by atoms with E-state index in [9.17, 15) is 9.90 Å². The molecule has 4 aromatic rings. The van der Waals surface area contributed by atoms with Crippen molar-refractivity contribution in [2.45, 2.75) is 12.6 Å². The second kappa shape index (κ2) is 11.8. The quantitative estimate of drug-likeness (QED) is 0.310. The number of halogens is 1. The first-order chi connectivity index (χ1) is 16.1. The van der Waals surface area contributed by atoms with Gasteiger partial charge in [0.15, 0.2) is 24.7 Å². The zero-order chi connectivity index (χ0) is 23.0. The number of hydrogen-bond acceptors (Lipinski definition) is 4. The van der Waals surface area contributed by atoms with E-state index in [-0.39, 0.29) is 24.8 Å². The summed E-state index contributed by atoms with van der Waals surface area (Å²) in [5.74, 6) is 0.455. The van der Waals surface area contributed by atoms with Crippen LogP contribution in [0.5, 0.6) is 5.75 Å². The predicted octanol–water partition coefficient (Wildman–Crippen LogP) is 1.19. The highest BCUT2D eigenvalue weighted by atomic mass is 35.5. The van der Waals surface area contributed by atoms with Crippen LogP contribution in [0.1, 0.15) is 21.5 Å². The topological polar surface area (TPSA) is 74.2 Å². The Labute approximate surface area is 204 Å². The fraction of sp³-hybridized carbons (Fsp3) is 0.107. The minimum atomic E-state index is -0.683. The molecule has 0 aliphatic carbocycles. The van der Waals surface area contributed by atoms with E-state index < -0.39 is 6.10 Å². The van der Waals surface area contributed by atoms with Crippen LogP contribution in [0, 0.1) is 11.3 Å². The Kier molecular flexibility index (Phi) is 8.53. The van der Waals surface area contributed by atoms with Gasteiger partial charge in [0, 0.05) is 23.3 Å². The molecule has 0 radical (unpaired) electrons. The molecule has 1 unspecified atom stereocenters. The number of rotatable bonds is 8. The van der Waals surface area contributed by atoms with E-state index in [0.29, 0.717) is 29.0 Å². The highest BCUT2D eigenvalue weighted by Crippen LogP contribution is 2.17. The third kappa shape index (κ3) is 6.29. The van der Waals surface area contributed by atoms with Crippen molar-refractivity contribution in [2.24, 2.45) is 0 Å². The number of pyridine rings is 1. The van der Waals surface area contributed by atoms with Crippen LogP contribution in [-0.2, 0) is 6.54 Å². The lowest BCUT2D eigenvalue weighted by molar-refractivity contribution is -0.703.